The quantitative estimate of drug-likeness (QED) is 0.667. The van der Waals surface area contributed by atoms with Crippen molar-refractivity contribution in [1.29, 1.82) is 0 Å². The highest BCUT2D eigenvalue weighted by atomic mass is 15.2. The molecule has 4 heteroatoms. The van der Waals surface area contributed by atoms with Gasteiger partial charge in [-0.25, -0.2) is 4.98 Å². The molecule has 1 saturated carbocycles. The van der Waals surface area contributed by atoms with Crippen molar-refractivity contribution in [3.63, 3.8) is 0 Å². The second-order valence-electron chi connectivity index (χ2n) is 3.03. The average molecular weight is 152 g/mol. The molecule has 1 unspecified atom stereocenters. The molecule has 0 spiro atoms. The average Bonchev–Trinajstić information content (AvgIpc) is 2.67. The zero-order chi connectivity index (χ0) is 7.68. The summed E-state index contributed by atoms with van der Waals surface area (Å²) in [6.07, 6.45) is 4.15. The Balaban J connectivity index is 1.93. The Hall–Kier alpha value is -0.900. The molecule has 2 N–H and O–H groups in total. The van der Waals surface area contributed by atoms with Crippen LogP contribution in [0.1, 0.15) is 31.6 Å². The van der Waals surface area contributed by atoms with E-state index in [4.69, 9.17) is 0 Å². The molecule has 11 heavy (non-hydrogen) atoms. The van der Waals surface area contributed by atoms with E-state index in [1.807, 2.05) is 0 Å². The van der Waals surface area contributed by atoms with Crippen molar-refractivity contribution >= 4 is 0 Å². The minimum atomic E-state index is 0.310. The fourth-order valence-electron chi connectivity index (χ4n) is 1.11. The van der Waals surface area contributed by atoms with Gasteiger partial charge >= 0.3 is 0 Å². The van der Waals surface area contributed by atoms with Crippen molar-refractivity contribution in [1.82, 2.24) is 20.5 Å². The highest BCUT2D eigenvalue weighted by molar-refractivity contribution is 4.93. The number of nitrogens with zero attached hydrogens (tertiary/aromatic N) is 2. The minimum absolute atomic E-state index is 0.310. The van der Waals surface area contributed by atoms with Gasteiger partial charge in [-0.1, -0.05) is 0 Å². The Kier molecular flexibility index (Phi) is 1.62. The number of H-pyrrole nitrogens is 1. The van der Waals surface area contributed by atoms with E-state index in [1.165, 1.54) is 12.8 Å². The van der Waals surface area contributed by atoms with Crippen LogP contribution in [0.25, 0.3) is 0 Å². The van der Waals surface area contributed by atoms with Gasteiger partial charge in [0.2, 0.25) is 0 Å². The summed E-state index contributed by atoms with van der Waals surface area (Å²) in [7, 11) is 0. The molecule has 0 radical (unpaired) electrons. The molecule has 0 amide bonds. The molecule has 0 aromatic carbocycles. The second kappa shape index (κ2) is 2.62. The van der Waals surface area contributed by atoms with Gasteiger partial charge in [0.1, 0.15) is 12.2 Å². The molecule has 2 rings (SSSR count). The molecule has 1 aliphatic rings. The van der Waals surface area contributed by atoms with Crippen LogP contribution in [0.15, 0.2) is 6.33 Å². The largest absolute Gasteiger partial charge is 0.305 e. The molecule has 0 aliphatic heterocycles. The summed E-state index contributed by atoms with van der Waals surface area (Å²) < 4.78 is 0. The predicted octanol–water partition coefficient (Wildman–Crippen LogP) is 0.618. The van der Waals surface area contributed by atoms with Crippen LogP contribution in [0.4, 0.5) is 0 Å². The lowest BCUT2D eigenvalue weighted by Crippen LogP contribution is -2.21. The van der Waals surface area contributed by atoms with Gasteiger partial charge < -0.3 is 5.32 Å². The first kappa shape index (κ1) is 6.79. The van der Waals surface area contributed by atoms with Crippen molar-refractivity contribution in [2.75, 3.05) is 0 Å². The van der Waals surface area contributed by atoms with Gasteiger partial charge in [0.25, 0.3) is 0 Å². The van der Waals surface area contributed by atoms with E-state index in [0.29, 0.717) is 6.04 Å². The third-order valence-corrected chi connectivity index (χ3v) is 1.91. The van der Waals surface area contributed by atoms with Crippen molar-refractivity contribution in [3.05, 3.63) is 12.2 Å². The number of nitrogens with one attached hydrogen (secondary N) is 2. The van der Waals surface area contributed by atoms with Crippen LogP contribution in [0, 0.1) is 0 Å². The zero-order valence-electron chi connectivity index (χ0n) is 6.54. The van der Waals surface area contributed by atoms with Crippen molar-refractivity contribution < 1.29 is 0 Å². The van der Waals surface area contributed by atoms with Gasteiger partial charge in [-0.3, -0.25) is 5.10 Å². The van der Waals surface area contributed by atoms with Crippen LogP contribution in [-0.4, -0.2) is 21.2 Å². The summed E-state index contributed by atoms with van der Waals surface area (Å²) in [6, 6.07) is 1.03. The first-order chi connectivity index (χ1) is 5.36. The van der Waals surface area contributed by atoms with Crippen LogP contribution in [-0.2, 0) is 0 Å². The number of aromatic amines is 1. The lowest BCUT2D eigenvalue weighted by molar-refractivity contribution is 0.545. The molecule has 1 atom stereocenters. The highest BCUT2D eigenvalue weighted by Crippen LogP contribution is 2.22. The number of hydrogen-bond acceptors (Lipinski definition) is 3. The maximum absolute atomic E-state index is 4.07. The Morgan fingerprint density at radius 1 is 1.73 bits per heavy atom. The highest BCUT2D eigenvalue weighted by Gasteiger charge is 2.23. The molecule has 0 saturated heterocycles. The summed E-state index contributed by atoms with van der Waals surface area (Å²) in [5.74, 6) is 0.928. The van der Waals surface area contributed by atoms with Crippen LogP contribution in [0.2, 0.25) is 0 Å². The standard InChI is InChI=1S/C7H12N4/c1-5(10-6-2-3-6)7-8-4-9-11-7/h4-6,10H,2-3H2,1H3,(H,8,9,11). The van der Waals surface area contributed by atoms with Gasteiger partial charge in [-0.05, 0) is 19.8 Å². The molecule has 1 fully saturated rings. The summed E-state index contributed by atoms with van der Waals surface area (Å²) in [5.41, 5.74) is 0. The lowest BCUT2D eigenvalue weighted by Gasteiger charge is -2.08. The number of aromatic nitrogens is 3. The van der Waals surface area contributed by atoms with Crippen LogP contribution in [0.5, 0.6) is 0 Å². The number of hydrogen-bond donors (Lipinski definition) is 2. The van der Waals surface area contributed by atoms with E-state index in [1.54, 1.807) is 6.33 Å². The third-order valence-electron chi connectivity index (χ3n) is 1.91. The van der Waals surface area contributed by atoms with Crippen molar-refractivity contribution in [2.24, 2.45) is 0 Å². The Morgan fingerprint density at radius 3 is 3.09 bits per heavy atom. The predicted molar refractivity (Wildman–Crippen MR) is 41.0 cm³/mol. The first-order valence-electron chi connectivity index (χ1n) is 3.97. The molecule has 4 nitrogen and oxygen atoms in total. The van der Waals surface area contributed by atoms with E-state index in [9.17, 15) is 0 Å². The Morgan fingerprint density at radius 2 is 2.55 bits per heavy atom. The van der Waals surface area contributed by atoms with E-state index >= 15 is 0 Å². The molecule has 0 bridgehead atoms. The second-order valence-corrected chi connectivity index (χ2v) is 3.03. The summed E-state index contributed by atoms with van der Waals surface area (Å²) in [4.78, 5) is 4.07. The van der Waals surface area contributed by atoms with Crippen molar-refractivity contribution in [3.8, 4) is 0 Å². The minimum Gasteiger partial charge on any atom is -0.305 e. The summed E-state index contributed by atoms with van der Waals surface area (Å²) in [6.45, 7) is 2.10. The normalized spacial score (nSPS) is 20.1. The molecule has 1 heterocycles. The zero-order valence-corrected chi connectivity index (χ0v) is 6.54. The molecule has 1 aliphatic carbocycles. The Labute approximate surface area is 65.4 Å². The van der Waals surface area contributed by atoms with E-state index in [0.717, 1.165) is 11.9 Å². The number of rotatable bonds is 3. The Bertz CT molecular complexity index is 214. The van der Waals surface area contributed by atoms with Gasteiger partial charge in [0.15, 0.2) is 0 Å². The van der Waals surface area contributed by atoms with E-state index in [-0.39, 0.29) is 0 Å². The van der Waals surface area contributed by atoms with Gasteiger partial charge in [-0.15, -0.1) is 0 Å². The first-order valence-corrected chi connectivity index (χ1v) is 3.97. The SMILES string of the molecule is CC(NC1CC1)c1ncn[nH]1. The summed E-state index contributed by atoms with van der Waals surface area (Å²) >= 11 is 0. The molecule has 1 aromatic rings. The van der Waals surface area contributed by atoms with Gasteiger partial charge in [0.05, 0.1) is 6.04 Å². The fraction of sp³-hybridized carbons (Fsp3) is 0.714. The topological polar surface area (TPSA) is 53.6 Å². The van der Waals surface area contributed by atoms with E-state index < -0.39 is 0 Å². The van der Waals surface area contributed by atoms with Crippen LogP contribution >= 0.6 is 0 Å². The van der Waals surface area contributed by atoms with E-state index in [2.05, 4.69) is 27.4 Å². The molecular formula is C7H12N4. The fourth-order valence-corrected chi connectivity index (χ4v) is 1.11. The molecular weight excluding hydrogens is 140 g/mol. The van der Waals surface area contributed by atoms with Gasteiger partial charge in [0, 0.05) is 6.04 Å². The maximum atomic E-state index is 4.07. The summed E-state index contributed by atoms with van der Waals surface area (Å²) in [5, 5.41) is 10.1. The maximum Gasteiger partial charge on any atom is 0.141 e. The van der Waals surface area contributed by atoms with Crippen LogP contribution in [0.3, 0.4) is 0 Å². The third kappa shape index (κ3) is 1.57. The van der Waals surface area contributed by atoms with Gasteiger partial charge in [-0.2, -0.15) is 5.10 Å². The smallest absolute Gasteiger partial charge is 0.141 e. The van der Waals surface area contributed by atoms with Crippen LogP contribution < -0.4 is 5.32 Å². The lowest BCUT2D eigenvalue weighted by atomic mass is 10.3. The molecule has 1 aromatic heterocycles. The molecule has 60 valence electrons. The monoisotopic (exact) mass is 152 g/mol. The van der Waals surface area contributed by atoms with Crippen molar-refractivity contribution in [2.45, 2.75) is 31.8 Å².